The van der Waals surface area contributed by atoms with Crippen LogP contribution in [0, 0.1) is 0 Å². The van der Waals surface area contributed by atoms with E-state index >= 15 is 0 Å². The molecule has 0 N–H and O–H groups in total. The van der Waals surface area contributed by atoms with Crippen molar-refractivity contribution in [3.63, 3.8) is 0 Å². The van der Waals surface area contributed by atoms with E-state index in [9.17, 15) is 0 Å². The topological polar surface area (TPSA) is 14.8 Å². The molecule has 3 heteroatoms. The lowest BCUT2D eigenvalue weighted by Crippen LogP contribution is -1.97. The van der Waals surface area contributed by atoms with Gasteiger partial charge in [-0.3, -0.25) is 0 Å². The van der Waals surface area contributed by atoms with Crippen molar-refractivity contribution in [2.75, 3.05) is 0 Å². The van der Waals surface area contributed by atoms with Gasteiger partial charge in [-0.2, -0.15) is 0 Å². The zero-order chi connectivity index (χ0) is 36.0. The Morgan fingerprint density at radius 2 is 0.673 bits per heavy atom. The molecule has 0 fully saturated rings. The molecule has 0 aliphatic heterocycles. The fourth-order valence-corrected chi connectivity index (χ4v) is 9.19. The van der Waals surface area contributed by atoms with E-state index in [2.05, 4.69) is 214 Å². The van der Waals surface area contributed by atoms with Crippen molar-refractivity contribution in [1.82, 2.24) is 13.7 Å². The molecule has 0 aliphatic carbocycles. The van der Waals surface area contributed by atoms with Gasteiger partial charge in [0, 0.05) is 49.1 Å². The maximum absolute atomic E-state index is 2.45. The van der Waals surface area contributed by atoms with Crippen molar-refractivity contribution in [3.8, 4) is 28.2 Å². The normalized spacial score (nSPS) is 12.0. The Kier molecular flexibility index (Phi) is 6.34. The van der Waals surface area contributed by atoms with Gasteiger partial charge >= 0.3 is 0 Å². The highest BCUT2D eigenvalue weighted by Crippen LogP contribution is 2.40. The van der Waals surface area contributed by atoms with E-state index in [-0.39, 0.29) is 0 Å². The van der Waals surface area contributed by atoms with Crippen LogP contribution in [0.15, 0.2) is 200 Å². The van der Waals surface area contributed by atoms with Crippen LogP contribution in [-0.2, 0) is 0 Å². The predicted molar refractivity (Wildman–Crippen MR) is 232 cm³/mol. The molecule has 0 aliphatic rings. The summed E-state index contributed by atoms with van der Waals surface area (Å²) >= 11 is 0. The lowest BCUT2D eigenvalue weighted by atomic mass is 10.0. The van der Waals surface area contributed by atoms with Gasteiger partial charge in [-0.05, 0) is 77.2 Å². The van der Waals surface area contributed by atoms with Crippen LogP contribution in [0.3, 0.4) is 0 Å². The molecule has 0 amide bonds. The molecule has 0 saturated heterocycles. The van der Waals surface area contributed by atoms with Gasteiger partial charge in [0.1, 0.15) is 0 Å². The first-order chi connectivity index (χ1) is 27.3. The van der Waals surface area contributed by atoms with Crippen LogP contribution in [0.2, 0.25) is 0 Å². The molecular weight excluding hydrogens is 667 g/mol. The highest BCUT2D eigenvalue weighted by molar-refractivity contribution is 6.14. The second-order valence-corrected chi connectivity index (χ2v) is 14.6. The lowest BCUT2D eigenvalue weighted by molar-refractivity contribution is 1.15. The summed E-state index contributed by atoms with van der Waals surface area (Å²) in [7, 11) is 0. The van der Waals surface area contributed by atoms with Crippen molar-refractivity contribution in [1.29, 1.82) is 0 Å². The Morgan fingerprint density at radius 1 is 0.236 bits per heavy atom. The lowest BCUT2D eigenvalue weighted by Gasteiger charge is -2.13. The number of nitrogens with zero attached hydrogens (tertiary/aromatic N) is 3. The minimum Gasteiger partial charge on any atom is -0.309 e. The molecular formula is C52H33N3. The summed E-state index contributed by atoms with van der Waals surface area (Å²) in [5.41, 5.74) is 13.1. The minimum atomic E-state index is 1.14. The molecule has 3 heterocycles. The third-order valence-corrected chi connectivity index (χ3v) is 11.6. The predicted octanol–water partition coefficient (Wildman–Crippen LogP) is 13.8. The SMILES string of the molecule is c1ccc(-n2c3ccccc3c3ccc(-n4c5ccccc5c5ccc(-c6ccc7c8ccccc8n(-c8cccc9ccccc89)c7c6)cc54)cc32)cc1. The summed E-state index contributed by atoms with van der Waals surface area (Å²) in [5.74, 6) is 0. The van der Waals surface area contributed by atoms with Crippen LogP contribution in [0.25, 0.3) is 104 Å². The second-order valence-electron chi connectivity index (χ2n) is 14.6. The molecule has 0 spiro atoms. The average Bonchev–Trinajstić information content (AvgIpc) is 3.88. The van der Waals surface area contributed by atoms with Crippen LogP contribution in [0.5, 0.6) is 0 Å². The summed E-state index contributed by atoms with van der Waals surface area (Å²) in [5, 5.41) is 10.00. The molecule has 0 unspecified atom stereocenters. The van der Waals surface area contributed by atoms with Crippen molar-refractivity contribution in [2.45, 2.75) is 0 Å². The molecule has 256 valence electrons. The highest BCUT2D eigenvalue weighted by Gasteiger charge is 2.19. The fraction of sp³-hybridized carbons (Fsp3) is 0. The van der Waals surface area contributed by atoms with Gasteiger partial charge in [0.15, 0.2) is 0 Å². The van der Waals surface area contributed by atoms with E-state index in [0.717, 1.165) is 11.4 Å². The van der Waals surface area contributed by atoms with Crippen LogP contribution in [0.4, 0.5) is 0 Å². The zero-order valence-electron chi connectivity index (χ0n) is 29.9. The summed E-state index contributed by atoms with van der Waals surface area (Å²) in [6, 6.07) is 73.3. The summed E-state index contributed by atoms with van der Waals surface area (Å²) in [4.78, 5) is 0. The smallest absolute Gasteiger partial charge is 0.0561 e. The number of hydrogen-bond donors (Lipinski definition) is 0. The monoisotopic (exact) mass is 699 g/mol. The molecule has 3 nitrogen and oxygen atoms in total. The third kappa shape index (κ3) is 4.38. The maximum atomic E-state index is 2.45. The minimum absolute atomic E-state index is 1.14. The van der Waals surface area contributed by atoms with Crippen LogP contribution >= 0.6 is 0 Å². The first-order valence-electron chi connectivity index (χ1n) is 18.9. The van der Waals surface area contributed by atoms with Gasteiger partial charge in [0.05, 0.1) is 38.8 Å². The highest BCUT2D eigenvalue weighted by atomic mass is 15.0. The molecule has 12 aromatic rings. The van der Waals surface area contributed by atoms with E-state index < -0.39 is 0 Å². The van der Waals surface area contributed by atoms with Gasteiger partial charge < -0.3 is 13.7 Å². The Morgan fingerprint density at radius 3 is 1.31 bits per heavy atom. The Balaban J connectivity index is 1.10. The number of benzene rings is 9. The van der Waals surface area contributed by atoms with E-state index in [0.29, 0.717) is 0 Å². The molecule has 3 aromatic heterocycles. The van der Waals surface area contributed by atoms with E-state index in [1.54, 1.807) is 0 Å². The van der Waals surface area contributed by atoms with Gasteiger partial charge in [0.25, 0.3) is 0 Å². The Hall–Kier alpha value is -7.36. The Labute approximate surface area is 317 Å². The fourth-order valence-electron chi connectivity index (χ4n) is 9.19. The number of rotatable bonds is 4. The molecule has 0 radical (unpaired) electrons. The van der Waals surface area contributed by atoms with E-state index in [1.807, 2.05) is 0 Å². The third-order valence-electron chi connectivity index (χ3n) is 11.6. The van der Waals surface area contributed by atoms with Gasteiger partial charge in [0.2, 0.25) is 0 Å². The first-order valence-corrected chi connectivity index (χ1v) is 18.9. The maximum Gasteiger partial charge on any atom is 0.0561 e. The number of aromatic nitrogens is 3. The van der Waals surface area contributed by atoms with E-state index in [1.165, 1.54) is 93.0 Å². The van der Waals surface area contributed by atoms with Gasteiger partial charge in [-0.1, -0.05) is 140 Å². The van der Waals surface area contributed by atoms with Crippen molar-refractivity contribution in [3.05, 3.63) is 200 Å². The van der Waals surface area contributed by atoms with Gasteiger partial charge in [-0.25, -0.2) is 0 Å². The van der Waals surface area contributed by atoms with Crippen LogP contribution < -0.4 is 0 Å². The summed E-state index contributed by atoms with van der Waals surface area (Å²) < 4.78 is 7.30. The average molecular weight is 700 g/mol. The quantitative estimate of drug-likeness (QED) is 0.174. The van der Waals surface area contributed by atoms with E-state index in [4.69, 9.17) is 0 Å². The largest absolute Gasteiger partial charge is 0.309 e. The molecule has 9 aromatic carbocycles. The van der Waals surface area contributed by atoms with Crippen molar-refractivity contribution < 1.29 is 0 Å². The number of hydrogen-bond acceptors (Lipinski definition) is 0. The summed E-state index contributed by atoms with van der Waals surface area (Å²) in [6.45, 7) is 0. The van der Waals surface area contributed by atoms with Crippen LogP contribution in [0.1, 0.15) is 0 Å². The Bertz CT molecular complexity index is 3480. The van der Waals surface area contributed by atoms with Gasteiger partial charge in [-0.15, -0.1) is 0 Å². The molecule has 0 saturated carbocycles. The number of para-hydroxylation sites is 4. The van der Waals surface area contributed by atoms with Crippen LogP contribution in [-0.4, -0.2) is 13.7 Å². The molecule has 0 bridgehead atoms. The first kappa shape index (κ1) is 30.1. The standard InChI is InChI=1S/C52H33N3/c1-2-15-37(16-3-1)53-47-21-9-6-19-41(47)45-30-27-38(33-52(45)53)54-48-22-10-7-18-40(48)43-28-25-35(31-50(43)54)36-26-29-44-42-20-8-11-23-49(42)55(51(44)32-36)46-24-12-14-34-13-4-5-17-39(34)46/h1-33H. The zero-order valence-corrected chi connectivity index (χ0v) is 29.9. The van der Waals surface area contributed by atoms with Crippen molar-refractivity contribution in [2.24, 2.45) is 0 Å². The molecule has 0 atom stereocenters. The molecule has 55 heavy (non-hydrogen) atoms. The van der Waals surface area contributed by atoms with Crippen molar-refractivity contribution >= 4 is 76.2 Å². The summed E-state index contributed by atoms with van der Waals surface area (Å²) in [6.07, 6.45) is 0. The number of fused-ring (bicyclic) bond motifs is 10. The molecule has 12 rings (SSSR count). The second kappa shape index (κ2) is 11.6.